The highest BCUT2D eigenvalue weighted by molar-refractivity contribution is 5.88. The zero-order valence-electron chi connectivity index (χ0n) is 31.5. The SMILES string of the molecule is CC1(C)C2=C(CCC(C3=c4ccccc4=C(c4ccc(C5=c6ccccc6=C(c6ccccc6)C6C=CC=CC56)cc4)C4C=CC=CC34)=C2)c2ccccc21. The molecule has 0 N–H and O–H groups in total. The molecule has 0 heteroatoms. The maximum atomic E-state index is 2.59. The Bertz CT molecular complexity index is 2880. The molecule has 0 amide bonds. The Kier molecular flexibility index (Phi) is 7.40. The normalized spacial score (nSPS) is 23.8. The summed E-state index contributed by atoms with van der Waals surface area (Å²) >= 11 is 0. The quantitative estimate of drug-likeness (QED) is 0.175. The van der Waals surface area contributed by atoms with Crippen LogP contribution in [0.15, 0.2) is 193 Å². The number of fused-ring (bicyclic) bond motifs is 6. The molecule has 5 aromatic carbocycles. The van der Waals surface area contributed by atoms with Crippen LogP contribution in [0.5, 0.6) is 0 Å². The van der Waals surface area contributed by atoms with E-state index in [2.05, 4.69) is 196 Å². The van der Waals surface area contributed by atoms with Gasteiger partial charge >= 0.3 is 0 Å². The summed E-state index contributed by atoms with van der Waals surface area (Å²) in [5.74, 6) is 1.12. The van der Waals surface area contributed by atoms with Crippen molar-refractivity contribution in [3.63, 3.8) is 0 Å². The highest BCUT2D eigenvalue weighted by atomic mass is 14.4. The lowest BCUT2D eigenvalue weighted by atomic mass is 9.67. The van der Waals surface area contributed by atoms with E-state index in [-0.39, 0.29) is 23.2 Å². The van der Waals surface area contributed by atoms with Gasteiger partial charge in [-0.15, -0.1) is 0 Å². The highest BCUT2D eigenvalue weighted by Gasteiger charge is 2.40. The molecule has 11 rings (SSSR count). The minimum absolute atomic E-state index is 0.00874. The van der Waals surface area contributed by atoms with Crippen molar-refractivity contribution in [3.8, 4) is 0 Å². The van der Waals surface area contributed by atoms with E-state index in [1.807, 2.05) is 0 Å². The molecule has 0 bridgehead atoms. The summed E-state index contributed by atoms with van der Waals surface area (Å²) in [7, 11) is 0. The van der Waals surface area contributed by atoms with Crippen LogP contribution in [0.25, 0.3) is 27.9 Å². The third-order valence-corrected chi connectivity index (χ3v) is 13.4. The van der Waals surface area contributed by atoms with E-state index in [0.717, 1.165) is 12.8 Å². The molecule has 0 saturated heterocycles. The van der Waals surface area contributed by atoms with E-state index in [9.17, 15) is 0 Å². The first-order valence-corrected chi connectivity index (χ1v) is 20.2. The third-order valence-electron chi connectivity index (χ3n) is 13.4. The molecular weight excluding hydrogens is 661 g/mol. The Morgan fingerprint density at radius 1 is 0.418 bits per heavy atom. The lowest BCUT2D eigenvalue weighted by molar-refractivity contribution is 0.647. The molecule has 264 valence electrons. The van der Waals surface area contributed by atoms with Crippen molar-refractivity contribution in [1.29, 1.82) is 0 Å². The van der Waals surface area contributed by atoms with Crippen molar-refractivity contribution in [2.24, 2.45) is 23.7 Å². The zero-order chi connectivity index (χ0) is 36.7. The number of benzene rings is 5. The highest BCUT2D eigenvalue weighted by Crippen LogP contribution is 2.53. The molecule has 4 unspecified atom stereocenters. The van der Waals surface area contributed by atoms with Crippen molar-refractivity contribution in [2.75, 3.05) is 0 Å². The monoisotopic (exact) mass is 704 g/mol. The van der Waals surface area contributed by atoms with E-state index in [1.54, 1.807) is 5.57 Å². The molecular formula is C55H44. The summed E-state index contributed by atoms with van der Waals surface area (Å²) in [6.07, 6.45) is 23.6. The minimum Gasteiger partial charge on any atom is -0.0761 e. The molecule has 6 aliphatic carbocycles. The van der Waals surface area contributed by atoms with Gasteiger partial charge in [0.05, 0.1) is 0 Å². The Labute approximate surface area is 324 Å². The van der Waals surface area contributed by atoms with Gasteiger partial charge in [0, 0.05) is 29.1 Å². The fraction of sp³-hybridized carbons (Fsp3) is 0.164. The predicted molar refractivity (Wildman–Crippen MR) is 229 cm³/mol. The molecule has 4 atom stereocenters. The van der Waals surface area contributed by atoms with Crippen molar-refractivity contribution < 1.29 is 0 Å². The first-order valence-electron chi connectivity index (χ1n) is 20.2. The standard InChI is InChI=1S/C55H44/c1-55(2)49-27-15-14-18-39(49)40-33-32-38(34-50(40)55)54-47-25-12-10-23-45(47)53(46-24-11-13-26-48(46)54)37-30-28-36(29-31-37)52-43-21-8-6-19-41(43)51(35-16-4-3-5-17-35)42-20-7-9-22-44(42)52/h3-31,34,41,43,45,47H,32-33H2,1-2H3. The average Bonchev–Trinajstić information content (AvgIpc) is 3.47. The van der Waals surface area contributed by atoms with Gasteiger partial charge in [-0.1, -0.05) is 196 Å². The zero-order valence-corrected chi connectivity index (χ0v) is 31.5. The molecule has 0 radical (unpaired) electrons. The predicted octanol–water partition coefficient (Wildman–Crippen LogP) is 9.64. The van der Waals surface area contributed by atoms with Gasteiger partial charge in [-0.05, 0) is 101 Å². The van der Waals surface area contributed by atoms with Crippen LogP contribution in [0.3, 0.4) is 0 Å². The van der Waals surface area contributed by atoms with Crippen molar-refractivity contribution in [2.45, 2.75) is 32.1 Å². The maximum absolute atomic E-state index is 2.59. The summed E-state index contributed by atoms with van der Waals surface area (Å²) in [5, 5.41) is 5.46. The van der Waals surface area contributed by atoms with E-state index in [1.165, 1.54) is 82.1 Å². The first-order chi connectivity index (χ1) is 27.1. The molecule has 6 aliphatic rings. The van der Waals surface area contributed by atoms with Gasteiger partial charge in [0.1, 0.15) is 0 Å². The Balaban J connectivity index is 1.08. The van der Waals surface area contributed by atoms with Crippen LogP contribution >= 0.6 is 0 Å². The summed E-state index contributed by atoms with van der Waals surface area (Å²) < 4.78 is 0. The number of hydrogen-bond acceptors (Lipinski definition) is 0. The summed E-state index contributed by atoms with van der Waals surface area (Å²) in [5.41, 5.74) is 17.3. The van der Waals surface area contributed by atoms with Gasteiger partial charge in [0.2, 0.25) is 0 Å². The Hall–Kier alpha value is -5.98. The first kappa shape index (κ1) is 32.5. The van der Waals surface area contributed by atoms with E-state index >= 15 is 0 Å². The molecule has 55 heavy (non-hydrogen) atoms. The fourth-order valence-electron chi connectivity index (χ4n) is 11.0. The second-order valence-corrected chi connectivity index (χ2v) is 16.6. The molecule has 0 aromatic heterocycles. The number of hydrogen-bond donors (Lipinski definition) is 0. The van der Waals surface area contributed by atoms with Crippen LogP contribution in [0.4, 0.5) is 0 Å². The Morgan fingerprint density at radius 3 is 1.36 bits per heavy atom. The van der Waals surface area contributed by atoms with Gasteiger partial charge in [0.15, 0.2) is 0 Å². The third kappa shape index (κ3) is 4.90. The Morgan fingerprint density at radius 2 is 0.836 bits per heavy atom. The van der Waals surface area contributed by atoms with Gasteiger partial charge < -0.3 is 0 Å². The molecule has 0 heterocycles. The van der Waals surface area contributed by atoms with Crippen LogP contribution in [0.2, 0.25) is 0 Å². The molecule has 5 aromatic rings. The summed E-state index contributed by atoms with van der Waals surface area (Å²) in [6.45, 7) is 4.83. The summed E-state index contributed by atoms with van der Waals surface area (Å²) in [6, 6.07) is 48.0. The van der Waals surface area contributed by atoms with Crippen molar-refractivity contribution in [1.82, 2.24) is 0 Å². The average molecular weight is 705 g/mol. The van der Waals surface area contributed by atoms with Crippen LogP contribution in [-0.2, 0) is 5.41 Å². The molecule has 0 aliphatic heterocycles. The minimum atomic E-state index is 0.00874. The molecule has 0 saturated carbocycles. The second kappa shape index (κ2) is 12.5. The van der Waals surface area contributed by atoms with Gasteiger partial charge in [-0.25, -0.2) is 0 Å². The second-order valence-electron chi connectivity index (χ2n) is 16.6. The summed E-state index contributed by atoms with van der Waals surface area (Å²) in [4.78, 5) is 0. The smallest absolute Gasteiger partial charge is 0.0155 e. The van der Waals surface area contributed by atoms with Gasteiger partial charge in [0.25, 0.3) is 0 Å². The molecule has 0 spiro atoms. The van der Waals surface area contributed by atoms with E-state index in [4.69, 9.17) is 0 Å². The molecule has 0 nitrogen and oxygen atoms in total. The van der Waals surface area contributed by atoms with E-state index in [0.29, 0.717) is 5.92 Å². The van der Waals surface area contributed by atoms with Gasteiger partial charge in [-0.2, -0.15) is 0 Å². The van der Waals surface area contributed by atoms with Gasteiger partial charge in [-0.3, -0.25) is 0 Å². The van der Waals surface area contributed by atoms with Crippen molar-refractivity contribution >= 4 is 27.9 Å². The topological polar surface area (TPSA) is 0 Å². The van der Waals surface area contributed by atoms with Crippen LogP contribution in [0.1, 0.15) is 54.5 Å². The number of allylic oxidation sites excluding steroid dienone is 12. The van der Waals surface area contributed by atoms with Crippen molar-refractivity contribution in [3.05, 3.63) is 242 Å². The van der Waals surface area contributed by atoms with Crippen LogP contribution < -0.4 is 20.9 Å². The lowest BCUT2D eigenvalue weighted by Crippen LogP contribution is -2.40. The van der Waals surface area contributed by atoms with Crippen LogP contribution in [0, 0.1) is 23.7 Å². The van der Waals surface area contributed by atoms with E-state index < -0.39 is 0 Å². The maximum Gasteiger partial charge on any atom is 0.0155 e. The fourth-order valence-corrected chi connectivity index (χ4v) is 11.0. The molecule has 0 fully saturated rings. The van der Waals surface area contributed by atoms with Crippen LogP contribution in [-0.4, -0.2) is 0 Å². The largest absolute Gasteiger partial charge is 0.0761 e. The number of rotatable bonds is 4. The lowest BCUT2D eigenvalue weighted by Gasteiger charge is -2.36.